The Morgan fingerprint density at radius 3 is 0.746 bits per heavy atom. The highest BCUT2D eigenvalue weighted by Crippen LogP contribution is 2.78. The van der Waals surface area contributed by atoms with Crippen molar-refractivity contribution in [2.75, 3.05) is 14.7 Å². The Morgan fingerprint density at radius 2 is 0.507 bits per heavy atom. The minimum absolute atomic E-state index is 0.367. The topological polar surface area (TPSA) is 114 Å². The minimum atomic E-state index is -1.29. The summed E-state index contributed by atoms with van der Waals surface area (Å²) in [4.78, 5) is 15.7. The van der Waals surface area contributed by atoms with Gasteiger partial charge < -0.3 is 14.7 Å². The third kappa shape index (κ3) is 13.4. The van der Waals surface area contributed by atoms with Crippen LogP contribution in [-0.4, -0.2) is 0 Å². The van der Waals surface area contributed by atoms with Gasteiger partial charge in [0.1, 0.15) is 0 Å². The molecule has 666 valence electrons. The van der Waals surface area contributed by atoms with E-state index in [9.17, 15) is 21.0 Å². The van der Waals surface area contributed by atoms with Gasteiger partial charge in [-0.2, -0.15) is 21.0 Å². The van der Waals surface area contributed by atoms with E-state index in [0.717, 1.165) is 242 Å². The van der Waals surface area contributed by atoms with Crippen LogP contribution in [0.25, 0.3) is 76.5 Å². The highest BCUT2D eigenvalue weighted by molar-refractivity contribution is 6.14. The molecule has 0 fully saturated rings. The number of para-hydroxylation sites is 6. The second kappa shape index (κ2) is 35.6. The molecule has 22 rings (SSSR count). The predicted octanol–water partition coefficient (Wildman–Crippen LogP) is 34.9. The van der Waals surface area contributed by atoms with Gasteiger partial charge in [-0.3, -0.25) is 0 Å². The molecule has 0 aromatic heterocycles. The molecule has 3 aliphatic heterocycles. The van der Waals surface area contributed by atoms with E-state index in [4.69, 9.17) is 13.1 Å². The predicted molar refractivity (Wildman–Crippen MR) is 562 cm³/mol. The zero-order valence-electron chi connectivity index (χ0n) is 79.0. The van der Waals surface area contributed by atoms with Crippen LogP contribution in [0.3, 0.4) is 0 Å². The molecule has 9 heteroatoms. The van der Waals surface area contributed by atoms with E-state index in [-0.39, 0.29) is 0 Å². The molecule has 3 atom stereocenters. The molecule has 138 heavy (non-hydrogen) atoms. The molecule has 6 aliphatic rings. The standard InChI is InChI=1S/C129H105N9/c1-9-15-18-33-86(12-4)89-48-57-100(58-49-89)136-115-42-27-21-36-106(115)127(107-37-22-28-43-116(107)136)112-75-92(95-67-82(78-130)66-83(68-95)79-131)54-63-103(112)121-124(127)122-104-64-55-93(96-69-84(80-132)71-98(73-96)134-7)76-113(104)129(110-40-25-31-46-119(110)138(120-47-32-26-41-111(120)129)102-61-52-91(53-62-102)88(14-6)35-20-17-11-3)126(122)123-105-65-56-94(97-70-85(81-133)72-99(74-97)135-8)77-114(105)128(125(121)123)108-38-23-29-44-117(108)137(118-45-30-24-39-109(118)128)101-59-50-90(51-60-101)87(13-5)34-19-16-10-2/h21-32,36-77,86-88H,9-20,33-35H2,1-6H3. The fourth-order valence-electron chi connectivity index (χ4n) is 25.3. The van der Waals surface area contributed by atoms with Crippen LogP contribution in [0, 0.1) is 58.5 Å². The summed E-state index contributed by atoms with van der Waals surface area (Å²) in [6.07, 6.45) is 17.1. The van der Waals surface area contributed by atoms with E-state index in [1.54, 1.807) is 18.2 Å². The molecule has 9 nitrogen and oxygen atoms in total. The molecule has 0 bridgehead atoms. The van der Waals surface area contributed by atoms with Crippen molar-refractivity contribution in [1.82, 2.24) is 0 Å². The van der Waals surface area contributed by atoms with Crippen LogP contribution in [0.5, 0.6) is 0 Å². The zero-order valence-corrected chi connectivity index (χ0v) is 79.0. The van der Waals surface area contributed by atoms with Gasteiger partial charge in [-0.05, 0) is 352 Å². The smallest absolute Gasteiger partial charge is 0.189 e. The maximum Gasteiger partial charge on any atom is 0.189 e. The maximum absolute atomic E-state index is 11.1. The van der Waals surface area contributed by atoms with E-state index in [1.165, 1.54) is 55.2 Å². The number of hydrogen-bond donors (Lipinski definition) is 0. The minimum Gasteiger partial charge on any atom is -0.310 e. The summed E-state index contributed by atoms with van der Waals surface area (Å²) in [6, 6.07) is 131. The maximum atomic E-state index is 11.1. The quantitative estimate of drug-likeness (QED) is 0.0437. The van der Waals surface area contributed by atoms with Crippen molar-refractivity contribution in [2.45, 2.75) is 172 Å². The fourth-order valence-corrected chi connectivity index (χ4v) is 25.3. The third-order valence-electron chi connectivity index (χ3n) is 31.4. The third-order valence-corrected chi connectivity index (χ3v) is 31.4. The lowest BCUT2D eigenvalue weighted by Gasteiger charge is -2.48. The van der Waals surface area contributed by atoms with E-state index < -0.39 is 16.2 Å². The normalized spacial score (nSPS) is 14.3. The second-order valence-electron chi connectivity index (χ2n) is 38.5. The number of anilines is 9. The first kappa shape index (κ1) is 87.2. The van der Waals surface area contributed by atoms with Crippen LogP contribution in [0.2, 0.25) is 0 Å². The SMILES string of the molecule is [C-]#[N+]c1cc(C#N)cc(-c2ccc3c(c2)C2(c4ccccc4N(c4ccc(C(CC)CCCCC)cc4)c4ccccc42)c2c-3c3c(c4c2-c2ccc(-c5cc(C#N)cc([N+]#[C-])c5)cc2C42c4ccccc4N(c4ccc(C(CC)CCCCC)cc4)c4ccccc42)-c2ccc(-c4cc(C#N)cc(C#N)c4)cc2C32c3ccccc3N(c3ccc(C(CC)CCCCC)cc3)c3ccccc32)c1. The Morgan fingerprint density at radius 1 is 0.261 bits per heavy atom. The van der Waals surface area contributed by atoms with Crippen molar-refractivity contribution in [2.24, 2.45) is 0 Å². The Balaban J connectivity index is 0.955. The van der Waals surface area contributed by atoms with Gasteiger partial charge in [0, 0.05) is 28.2 Å². The lowest BCUT2D eigenvalue weighted by atomic mass is 9.58. The molecular formula is C129H105N9. The number of rotatable bonds is 24. The number of fused-ring (bicyclic) bond motifs is 30. The van der Waals surface area contributed by atoms with Gasteiger partial charge in [0.15, 0.2) is 11.4 Å². The fraction of sp³-hybridized carbons (Fsp3) is 0.209. The molecule has 3 aliphatic carbocycles. The first-order valence-electron chi connectivity index (χ1n) is 49.7. The van der Waals surface area contributed by atoms with E-state index in [0.29, 0.717) is 51.4 Å². The van der Waals surface area contributed by atoms with Gasteiger partial charge in [0.25, 0.3) is 0 Å². The molecule has 16 aromatic rings. The largest absolute Gasteiger partial charge is 0.310 e. The number of nitriles is 4. The van der Waals surface area contributed by atoms with Crippen LogP contribution in [0.15, 0.2) is 328 Å². The van der Waals surface area contributed by atoms with Crippen molar-refractivity contribution in [3.05, 3.63) is 456 Å². The summed E-state index contributed by atoms with van der Waals surface area (Å²) in [5.41, 5.74) is 35.4. The van der Waals surface area contributed by atoms with Crippen LogP contribution in [0.1, 0.15) is 261 Å². The van der Waals surface area contributed by atoms with Crippen molar-refractivity contribution >= 4 is 62.6 Å². The zero-order chi connectivity index (χ0) is 94.2. The monoisotopic (exact) mass is 1780 g/mol. The highest BCUT2D eigenvalue weighted by atomic mass is 15.2. The average Bonchev–Trinajstić information content (AvgIpc) is 1.45. The Bertz CT molecular complexity index is 6900. The first-order valence-corrected chi connectivity index (χ1v) is 49.7. The van der Waals surface area contributed by atoms with E-state index in [1.807, 2.05) is 36.4 Å². The van der Waals surface area contributed by atoms with Crippen molar-refractivity contribution in [1.29, 1.82) is 21.0 Å². The molecule has 3 spiro atoms. The second-order valence-corrected chi connectivity index (χ2v) is 38.5. The number of nitrogens with zero attached hydrogens (tertiary/aromatic N) is 9. The molecule has 0 amide bonds. The van der Waals surface area contributed by atoms with Crippen molar-refractivity contribution in [3.63, 3.8) is 0 Å². The number of hydrogen-bond acceptors (Lipinski definition) is 7. The van der Waals surface area contributed by atoms with Gasteiger partial charge in [-0.1, -0.05) is 281 Å². The number of unbranched alkanes of at least 4 members (excludes halogenated alkanes) is 6. The molecule has 3 unspecified atom stereocenters. The lowest BCUT2D eigenvalue weighted by molar-refractivity contribution is 0.553. The number of benzene rings is 16. The average molecular weight is 1780 g/mol. The summed E-state index contributed by atoms with van der Waals surface area (Å²) in [5.74, 6) is 1.21. The molecule has 0 N–H and O–H groups in total. The Kier molecular flexibility index (Phi) is 22.5. The first-order chi connectivity index (χ1) is 67.9. The van der Waals surface area contributed by atoms with Gasteiger partial charge in [0.05, 0.1) is 98.9 Å². The summed E-state index contributed by atoms with van der Waals surface area (Å²) in [6.45, 7) is 31.2. The van der Waals surface area contributed by atoms with Crippen molar-refractivity contribution < 1.29 is 0 Å². The Labute approximate surface area is 811 Å². The van der Waals surface area contributed by atoms with Gasteiger partial charge in [-0.15, -0.1) is 0 Å². The molecule has 3 heterocycles. The molecule has 0 saturated heterocycles. The summed E-state index contributed by atoms with van der Waals surface area (Å²) in [5, 5.41) is 44.4. The van der Waals surface area contributed by atoms with E-state index >= 15 is 0 Å². The molecular weight excluding hydrogens is 1680 g/mol. The van der Waals surface area contributed by atoms with Crippen LogP contribution in [-0.2, 0) is 16.2 Å². The summed E-state index contributed by atoms with van der Waals surface area (Å²) >= 11 is 0. The molecule has 0 saturated carbocycles. The highest BCUT2D eigenvalue weighted by Gasteiger charge is 2.65. The van der Waals surface area contributed by atoms with E-state index in [2.05, 4.69) is 363 Å². The van der Waals surface area contributed by atoms with Crippen LogP contribution < -0.4 is 14.7 Å². The Hall–Kier alpha value is -16.1. The lowest BCUT2D eigenvalue weighted by Crippen LogP contribution is -2.39. The van der Waals surface area contributed by atoms with Crippen LogP contribution >= 0.6 is 0 Å². The summed E-state index contributed by atoms with van der Waals surface area (Å²) < 4.78 is 0. The summed E-state index contributed by atoms with van der Waals surface area (Å²) in [7, 11) is 0. The van der Waals surface area contributed by atoms with Crippen molar-refractivity contribution in [3.8, 4) is 91.0 Å². The van der Waals surface area contributed by atoms with Gasteiger partial charge >= 0.3 is 0 Å². The van der Waals surface area contributed by atoms with Gasteiger partial charge in [0.2, 0.25) is 0 Å². The molecule has 0 radical (unpaired) electrons. The molecule has 16 aromatic carbocycles. The van der Waals surface area contributed by atoms with Crippen LogP contribution in [0.4, 0.5) is 62.6 Å². The van der Waals surface area contributed by atoms with Gasteiger partial charge in [-0.25, -0.2) is 9.69 Å².